The number of rotatable bonds is 2. The fourth-order valence-electron chi connectivity index (χ4n) is 2.32. The Morgan fingerprint density at radius 2 is 1.94 bits per heavy atom. The Morgan fingerprint density at radius 1 is 1.22 bits per heavy atom. The van der Waals surface area contributed by atoms with Crippen molar-refractivity contribution in [3.8, 4) is 0 Å². The number of halogens is 4. The number of hydrogen-bond acceptors (Lipinski definition) is 1. The van der Waals surface area contributed by atoms with Crippen LogP contribution in [0.5, 0.6) is 0 Å². The van der Waals surface area contributed by atoms with E-state index in [2.05, 4.69) is 0 Å². The Bertz CT molecular complexity index is 402. The van der Waals surface area contributed by atoms with Gasteiger partial charge in [0.15, 0.2) is 0 Å². The van der Waals surface area contributed by atoms with Crippen LogP contribution < -0.4 is 0 Å². The Kier molecular flexibility index (Phi) is 3.90. The van der Waals surface area contributed by atoms with Gasteiger partial charge in [0.1, 0.15) is 6.17 Å². The molecule has 1 atom stereocenters. The van der Waals surface area contributed by atoms with Crippen molar-refractivity contribution in [3.63, 3.8) is 0 Å². The van der Waals surface area contributed by atoms with E-state index in [0.717, 1.165) is 6.07 Å². The van der Waals surface area contributed by atoms with Gasteiger partial charge in [-0.15, -0.1) is 0 Å². The van der Waals surface area contributed by atoms with Crippen molar-refractivity contribution in [1.29, 1.82) is 0 Å². The van der Waals surface area contributed by atoms with Crippen LogP contribution in [-0.4, -0.2) is 24.2 Å². The lowest BCUT2D eigenvalue weighted by Crippen LogP contribution is -2.36. The first-order valence-electron chi connectivity index (χ1n) is 5.98. The van der Waals surface area contributed by atoms with Gasteiger partial charge < -0.3 is 0 Å². The molecule has 1 aromatic rings. The summed E-state index contributed by atoms with van der Waals surface area (Å²) in [5.74, 6) is 0. The van der Waals surface area contributed by atoms with Gasteiger partial charge >= 0.3 is 6.18 Å². The van der Waals surface area contributed by atoms with Crippen molar-refractivity contribution in [2.75, 3.05) is 13.1 Å². The van der Waals surface area contributed by atoms with Crippen LogP contribution in [0.25, 0.3) is 0 Å². The highest BCUT2D eigenvalue weighted by molar-refractivity contribution is 5.29. The van der Waals surface area contributed by atoms with E-state index in [1.807, 2.05) is 0 Å². The quantitative estimate of drug-likeness (QED) is 0.735. The van der Waals surface area contributed by atoms with E-state index < -0.39 is 17.9 Å². The second-order valence-corrected chi connectivity index (χ2v) is 4.63. The topological polar surface area (TPSA) is 3.24 Å². The van der Waals surface area contributed by atoms with Crippen LogP contribution in [0, 0.1) is 0 Å². The summed E-state index contributed by atoms with van der Waals surface area (Å²) in [6, 6.07) is 5.50. The first-order valence-corrected chi connectivity index (χ1v) is 5.98. The molecule has 2 rings (SSSR count). The molecule has 0 radical (unpaired) electrons. The van der Waals surface area contributed by atoms with E-state index in [-0.39, 0.29) is 18.7 Å². The van der Waals surface area contributed by atoms with E-state index in [1.54, 1.807) is 11.0 Å². The third kappa shape index (κ3) is 3.22. The van der Waals surface area contributed by atoms with Crippen LogP contribution >= 0.6 is 0 Å². The molecule has 5 heteroatoms. The van der Waals surface area contributed by atoms with Gasteiger partial charge in [0.25, 0.3) is 0 Å². The lowest BCUT2D eigenvalue weighted by Gasteiger charge is -2.29. The predicted molar refractivity (Wildman–Crippen MR) is 60.9 cm³/mol. The molecule has 1 fully saturated rings. The molecule has 1 nitrogen and oxygen atoms in total. The molecule has 0 amide bonds. The molecule has 18 heavy (non-hydrogen) atoms. The average molecular weight is 261 g/mol. The number of benzene rings is 1. The van der Waals surface area contributed by atoms with Gasteiger partial charge in [0.2, 0.25) is 0 Å². The van der Waals surface area contributed by atoms with Gasteiger partial charge in [-0.2, -0.15) is 13.2 Å². The maximum Gasteiger partial charge on any atom is 0.416 e. The van der Waals surface area contributed by atoms with Crippen molar-refractivity contribution in [2.45, 2.75) is 31.7 Å². The monoisotopic (exact) mass is 261 g/mol. The largest absolute Gasteiger partial charge is 0.416 e. The summed E-state index contributed by atoms with van der Waals surface area (Å²) < 4.78 is 51.6. The first kappa shape index (κ1) is 13.3. The first-order chi connectivity index (χ1) is 8.47. The van der Waals surface area contributed by atoms with Crippen LogP contribution in [0.2, 0.25) is 0 Å². The SMILES string of the molecule is F[C@@H]1CCCN(Cc2ccccc2C(F)(F)F)C1. The molecule has 1 saturated heterocycles. The van der Waals surface area contributed by atoms with Crippen LogP contribution in [0.15, 0.2) is 24.3 Å². The average Bonchev–Trinajstić information content (AvgIpc) is 2.28. The Balaban J connectivity index is 2.13. The van der Waals surface area contributed by atoms with Crippen molar-refractivity contribution in [3.05, 3.63) is 35.4 Å². The molecule has 0 unspecified atom stereocenters. The van der Waals surface area contributed by atoms with Gasteiger partial charge in [-0.05, 0) is 31.0 Å². The highest BCUT2D eigenvalue weighted by atomic mass is 19.4. The molecule has 100 valence electrons. The fourth-order valence-corrected chi connectivity index (χ4v) is 2.32. The second-order valence-electron chi connectivity index (χ2n) is 4.63. The summed E-state index contributed by atoms with van der Waals surface area (Å²) in [4.78, 5) is 1.75. The smallest absolute Gasteiger partial charge is 0.296 e. The lowest BCUT2D eigenvalue weighted by molar-refractivity contribution is -0.138. The van der Waals surface area contributed by atoms with E-state index >= 15 is 0 Å². The number of piperidine rings is 1. The number of nitrogens with zero attached hydrogens (tertiary/aromatic N) is 1. The standard InChI is InChI=1S/C13H15F4N/c14-11-5-3-7-18(9-11)8-10-4-1-2-6-12(10)13(15,16)17/h1-2,4,6,11H,3,5,7-9H2/t11-/m1/s1. The maximum atomic E-state index is 13.2. The van der Waals surface area contributed by atoms with Crippen molar-refractivity contribution in [1.82, 2.24) is 4.90 Å². The van der Waals surface area contributed by atoms with Crippen LogP contribution in [0.3, 0.4) is 0 Å². The van der Waals surface area contributed by atoms with E-state index in [1.165, 1.54) is 12.1 Å². The minimum atomic E-state index is -4.35. The number of likely N-dealkylation sites (tertiary alicyclic amines) is 1. The lowest BCUT2D eigenvalue weighted by atomic mass is 10.0. The summed E-state index contributed by atoms with van der Waals surface area (Å²) in [5, 5.41) is 0. The maximum absolute atomic E-state index is 13.2. The Morgan fingerprint density at radius 3 is 2.61 bits per heavy atom. The van der Waals surface area contributed by atoms with Crippen molar-refractivity contribution in [2.24, 2.45) is 0 Å². The Hall–Kier alpha value is -1.10. The molecule has 1 aliphatic rings. The molecular formula is C13H15F4N. The van der Waals surface area contributed by atoms with Crippen LogP contribution in [0.4, 0.5) is 17.6 Å². The summed E-state index contributed by atoms with van der Waals surface area (Å²) in [6.45, 7) is 1.05. The summed E-state index contributed by atoms with van der Waals surface area (Å²) >= 11 is 0. The van der Waals surface area contributed by atoms with Crippen molar-refractivity contribution >= 4 is 0 Å². The zero-order chi connectivity index (χ0) is 13.2. The molecule has 1 heterocycles. The molecule has 0 bridgehead atoms. The van der Waals surface area contributed by atoms with E-state index in [9.17, 15) is 17.6 Å². The second kappa shape index (κ2) is 5.26. The molecule has 0 aliphatic carbocycles. The van der Waals surface area contributed by atoms with Gasteiger partial charge in [-0.3, -0.25) is 4.90 Å². The van der Waals surface area contributed by atoms with Gasteiger partial charge in [0, 0.05) is 13.1 Å². The minimum absolute atomic E-state index is 0.163. The minimum Gasteiger partial charge on any atom is -0.296 e. The van der Waals surface area contributed by atoms with Gasteiger partial charge in [-0.25, -0.2) is 4.39 Å². The molecule has 0 saturated carbocycles. The zero-order valence-corrected chi connectivity index (χ0v) is 9.88. The third-order valence-corrected chi connectivity index (χ3v) is 3.16. The van der Waals surface area contributed by atoms with Crippen LogP contribution in [-0.2, 0) is 12.7 Å². The molecule has 0 spiro atoms. The molecule has 1 aliphatic heterocycles. The highest BCUT2D eigenvalue weighted by Crippen LogP contribution is 2.32. The van der Waals surface area contributed by atoms with E-state index in [0.29, 0.717) is 19.4 Å². The summed E-state index contributed by atoms with van der Waals surface area (Å²) in [7, 11) is 0. The summed E-state index contributed by atoms with van der Waals surface area (Å²) in [5.41, 5.74) is -0.398. The number of alkyl halides is 4. The van der Waals surface area contributed by atoms with Crippen LogP contribution in [0.1, 0.15) is 24.0 Å². The zero-order valence-electron chi connectivity index (χ0n) is 9.88. The Labute approximate surface area is 103 Å². The predicted octanol–water partition coefficient (Wildman–Crippen LogP) is 3.64. The molecule has 0 aromatic heterocycles. The highest BCUT2D eigenvalue weighted by Gasteiger charge is 2.33. The fraction of sp³-hybridized carbons (Fsp3) is 0.538. The molecule has 0 N–H and O–H groups in total. The van der Waals surface area contributed by atoms with Gasteiger partial charge in [-0.1, -0.05) is 18.2 Å². The van der Waals surface area contributed by atoms with Crippen molar-refractivity contribution < 1.29 is 17.6 Å². The molecular weight excluding hydrogens is 246 g/mol. The van der Waals surface area contributed by atoms with Gasteiger partial charge in [0.05, 0.1) is 5.56 Å². The summed E-state index contributed by atoms with van der Waals surface area (Å²) in [6.07, 6.45) is -4.05. The number of hydrogen-bond donors (Lipinski definition) is 0. The van der Waals surface area contributed by atoms with E-state index in [4.69, 9.17) is 0 Å². The normalized spacial score (nSPS) is 22.1. The third-order valence-electron chi connectivity index (χ3n) is 3.16. The molecule has 1 aromatic carbocycles.